The Morgan fingerprint density at radius 2 is 2.20 bits per heavy atom. The second-order valence-corrected chi connectivity index (χ2v) is 3.10. The fourth-order valence-corrected chi connectivity index (χ4v) is 0.755. The van der Waals surface area contributed by atoms with Crippen LogP contribution in [0.2, 0.25) is 0 Å². The van der Waals surface area contributed by atoms with E-state index in [-0.39, 0.29) is 6.61 Å². The molecule has 1 unspecified atom stereocenters. The van der Waals surface area contributed by atoms with Gasteiger partial charge < -0.3 is 4.89 Å². The molecule has 0 saturated carbocycles. The molecule has 0 amide bonds. The van der Waals surface area contributed by atoms with Crippen LogP contribution in [-0.2, 0) is 13.8 Å². The lowest BCUT2D eigenvalue weighted by molar-refractivity contribution is -0.162. The van der Waals surface area contributed by atoms with E-state index in [4.69, 9.17) is 10.2 Å². The van der Waals surface area contributed by atoms with Crippen LogP contribution < -0.4 is 0 Å². The van der Waals surface area contributed by atoms with Crippen LogP contribution in [0.5, 0.6) is 0 Å². The average molecular weight is 170 g/mol. The predicted molar refractivity (Wildman–Crippen MR) is 34.4 cm³/mol. The van der Waals surface area contributed by atoms with Gasteiger partial charge in [0.2, 0.25) is 0 Å². The highest BCUT2D eigenvalue weighted by molar-refractivity contribution is 7.47. The van der Waals surface area contributed by atoms with Crippen LogP contribution in [-0.4, -0.2) is 16.8 Å². The molecule has 0 aliphatic rings. The van der Waals surface area contributed by atoms with Gasteiger partial charge in [0.15, 0.2) is 0 Å². The maximum absolute atomic E-state index is 10.3. The summed E-state index contributed by atoms with van der Waals surface area (Å²) in [5, 5.41) is 7.76. The highest BCUT2D eigenvalue weighted by Gasteiger charge is 2.19. The standard InChI is InChI=1S/C4H11O5P/c1-2-3-4-8-10(6,7)9-5/h5H,2-4H2,1H3,(H,6,7). The Bertz CT molecular complexity index is 125. The van der Waals surface area contributed by atoms with Crippen molar-refractivity contribution in [3.8, 4) is 0 Å². The zero-order chi connectivity index (χ0) is 8.04. The summed E-state index contributed by atoms with van der Waals surface area (Å²) >= 11 is 0. The molecule has 0 saturated heterocycles. The minimum Gasteiger partial charge on any atom is -0.301 e. The van der Waals surface area contributed by atoms with Crippen LogP contribution in [0.15, 0.2) is 0 Å². The van der Waals surface area contributed by atoms with Crippen LogP contribution in [0.3, 0.4) is 0 Å². The molecule has 0 fully saturated rings. The van der Waals surface area contributed by atoms with Crippen molar-refractivity contribution in [2.75, 3.05) is 6.61 Å². The van der Waals surface area contributed by atoms with E-state index >= 15 is 0 Å². The van der Waals surface area contributed by atoms with Crippen LogP contribution >= 0.6 is 7.82 Å². The zero-order valence-electron chi connectivity index (χ0n) is 5.69. The number of phosphoric ester groups is 1. The normalized spacial score (nSPS) is 16.7. The number of phosphoric acid groups is 1. The predicted octanol–water partition coefficient (Wildman–Crippen LogP) is 1.39. The number of hydrogen-bond donors (Lipinski definition) is 2. The molecule has 0 aromatic heterocycles. The quantitative estimate of drug-likeness (QED) is 0.282. The lowest BCUT2D eigenvalue weighted by atomic mass is 10.4. The van der Waals surface area contributed by atoms with Gasteiger partial charge in [-0.25, -0.2) is 9.82 Å². The van der Waals surface area contributed by atoms with Crippen molar-refractivity contribution in [1.82, 2.24) is 0 Å². The molecule has 6 heteroatoms. The third-order valence-corrected chi connectivity index (χ3v) is 1.57. The molecular weight excluding hydrogens is 159 g/mol. The topological polar surface area (TPSA) is 76.0 Å². The molecule has 0 aliphatic carbocycles. The number of unbranched alkanes of at least 4 members (excludes halogenated alkanes) is 1. The molecular formula is C4H11O5P. The first kappa shape index (κ1) is 10.1. The molecule has 10 heavy (non-hydrogen) atoms. The first-order chi connectivity index (χ1) is 4.62. The molecule has 0 radical (unpaired) electrons. The van der Waals surface area contributed by atoms with E-state index < -0.39 is 7.82 Å². The minimum absolute atomic E-state index is 0.116. The van der Waals surface area contributed by atoms with Crippen LogP contribution in [0, 0.1) is 0 Å². The van der Waals surface area contributed by atoms with E-state index in [0.29, 0.717) is 6.42 Å². The lowest BCUT2D eigenvalue weighted by Crippen LogP contribution is -1.93. The SMILES string of the molecule is CCCCOP(=O)(O)OO. The molecule has 1 atom stereocenters. The largest absolute Gasteiger partial charge is 0.499 e. The molecule has 0 aromatic rings. The van der Waals surface area contributed by atoms with Crippen molar-refractivity contribution in [3.63, 3.8) is 0 Å². The van der Waals surface area contributed by atoms with Gasteiger partial charge >= 0.3 is 7.82 Å². The lowest BCUT2D eigenvalue weighted by Gasteiger charge is -2.05. The van der Waals surface area contributed by atoms with Gasteiger partial charge in [-0.1, -0.05) is 13.3 Å². The number of hydrogen-bond acceptors (Lipinski definition) is 4. The fraction of sp³-hybridized carbons (Fsp3) is 1.00. The second-order valence-electron chi connectivity index (χ2n) is 1.74. The van der Waals surface area contributed by atoms with Crippen molar-refractivity contribution in [1.29, 1.82) is 0 Å². The molecule has 0 spiro atoms. The second kappa shape index (κ2) is 4.82. The summed E-state index contributed by atoms with van der Waals surface area (Å²) in [5.41, 5.74) is 0. The molecule has 62 valence electrons. The van der Waals surface area contributed by atoms with E-state index in [0.717, 1.165) is 6.42 Å². The first-order valence-corrected chi connectivity index (χ1v) is 4.42. The van der Waals surface area contributed by atoms with Gasteiger partial charge in [0, 0.05) is 0 Å². The summed E-state index contributed by atoms with van der Waals surface area (Å²) in [6, 6.07) is 0. The van der Waals surface area contributed by atoms with Crippen molar-refractivity contribution in [2.24, 2.45) is 0 Å². The van der Waals surface area contributed by atoms with Crippen LogP contribution in [0.25, 0.3) is 0 Å². The maximum atomic E-state index is 10.3. The summed E-state index contributed by atoms with van der Waals surface area (Å²) in [6.07, 6.45) is 1.51. The summed E-state index contributed by atoms with van der Waals surface area (Å²) in [5.74, 6) is 0. The Morgan fingerprint density at radius 3 is 2.60 bits per heavy atom. The Hall–Kier alpha value is 0.0700. The van der Waals surface area contributed by atoms with E-state index in [2.05, 4.69) is 9.20 Å². The van der Waals surface area contributed by atoms with E-state index in [9.17, 15) is 4.57 Å². The summed E-state index contributed by atoms with van der Waals surface area (Å²) in [4.78, 5) is 8.41. The number of rotatable bonds is 5. The van der Waals surface area contributed by atoms with E-state index in [1.165, 1.54) is 0 Å². The smallest absolute Gasteiger partial charge is 0.301 e. The highest BCUT2D eigenvalue weighted by atomic mass is 31.2. The van der Waals surface area contributed by atoms with Crippen molar-refractivity contribution in [2.45, 2.75) is 19.8 Å². The van der Waals surface area contributed by atoms with Crippen molar-refractivity contribution in [3.05, 3.63) is 0 Å². The Kier molecular flexibility index (Phi) is 4.85. The highest BCUT2D eigenvalue weighted by Crippen LogP contribution is 2.41. The summed E-state index contributed by atoms with van der Waals surface area (Å²) in [6.45, 7) is 2.02. The average Bonchev–Trinajstić information content (AvgIpc) is 1.89. The van der Waals surface area contributed by atoms with Gasteiger partial charge in [-0.15, -0.1) is 4.67 Å². The molecule has 0 aliphatic heterocycles. The maximum Gasteiger partial charge on any atom is 0.499 e. The fourth-order valence-electron chi connectivity index (χ4n) is 0.348. The first-order valence-electron chi connectivity index (χ1n) is 2.93. The Morgan fingerprint density at radius 1 is 1.60 bits per heavy atom. The van der Waals surface area contributed by atoms with Gasteiger partial charge in [-0.2, -0.15) is 0 Å². The molecule has 0 aromatic carbocycles. The van der Waals surface area contributed by atoms with E-state index in [1.54, 1.807) is 0 Å². The van der Waals surface area contributed by atoms with Gasteiger partial charge in [0.1, 0.15) is 0 Å². The van der Waals surface area contributed by atoms with Crippen molar-refractivity contribution < 1.29 is 23.9 Å². The van der Waals surface area contributed by atoms with Gasteiger partial charge in [-0.05, 0) is 6.42 Å². The molecule has 2 N–H and O–H groups in total. The van der Waals surface area contributed by atoms with Crippen LogP contribution in [0.4, 0.5) is 0 Å². The van der Waals surface area contributed by atoms with Gasteiger partial charge in [0.05, 0.1) is 6.61 Å². The third kappa shape index (κ3) is 4.90. The Balaban J connectivity index is 3.38. The van der Waals surface area contributed by atoms with Crippen LogP contribution in [0.1, 0.15) is 19.8 Å². The molecule has 0 rings (SSSR count). The molecule has 0 bridgehead atoms. The summed E-state index contributed by atoms with van der Waals surface area (Å²) < 4.78 is 17.7. The summed E-state index contributed by atoms with van der Waals surface area (Å²) in [7, 11) is -4.15. The molecule has 0 heterocycles. The van der Waals surface area contributed by atoms with Gasteiger partial charge in [0.25, 0.3) is 0 Å². The van der Waals surface area contributed by atoms with E-state index in [1.807, 2.05) is 6.92 Å². The molecule has 5 nitrogen and oxygen atoms in total. The monoisotopic (exact) mass is 170 g/mol. The minimum atomic E-state index is -4.15. The third-order valence-electron chi connectivity index (χ3n) is 0.856. The zero-order valence-corrected chi connectivity index (χ0v) is 6.58. The Labute approximate surface area is 59.1 Å². The van der Waals surface area contributed by atoms with Gasteiger partial charge in [-0.3, -0.25) is 4.52 Å². The van der Waals surface area contributed by atoms with Crippen molar-refractivity contribution >= 4 is 7.82 Å².